The highest BCUT2D eigenvalue weighted by atomic mass is 31.1. The van der Waals surface area contributed by atoms with Crippen LogP contribution in [0.2, 0.25) is 12.1 Å². The Morgan fingerprint density at radius 1 is 1.50 bits per heavy atom. The van der Waals surface area contributed by atoms with Gasteiger partial charge in [-0.1, -0.05) is 39.3 Å². The van der Waals surface area contributed by atoms with Gasteiger partial charge in [-0.3, -0.25) is 0 Å². The second-order valence-electron chi connectivity index (χ2n) is 3.40. The summed E-state index contributed by atoms with van der Waals surface area (Å²) < 4.78 is 0. The highest BCUT2D eigenvalue weighted by molar-refractivity contribution is 7.40. The van der Waals surface area contributed by atoms with Crippen molar-refractivity contribution in [2.75, 3.05) is 0 Å². The van der Waals surface area contributed by atoms with E-state index in [0.717, 1.165) is 17.1 Å². The van der Waals surface area contributed by atoms with Crippen LogP contribution in [-0.4, -0.2) is 18.6 Å². The molecule has 1 rings (SSSR count). The molecule has 4 unspecified atom stereocenters. The summed E-state index contributed by atoms with van der Waals surface area (Å²) in [6.07, 6.45) is 2.71. The van der Waals surface area contributed by atoms with E-state index in [2.05, 4.69) is 28.1 Å². The Kier molecular flexibility index (Phi) is 3.23. The van der Waals surface area contributed by atoms with Crippen LogP contribution in [0.3, 0.4) is 0 Å². The van der Waals surface area contributed by atoms with Gasteiger partial charge in [-0.15, -0.1) is 8.58 Å². The topological polar surface area (TPSA) is 0 Å². The summed E-state index contributed by atoms with van der Waals surface area (Å²) in [5.41, 5.74) is 1.98. The lowest BCUT2D eigenvalue weighted by Crippen LogP contribution is -2.07. The highest BCUT2D eigenvalue weighted by Crippen LogP contribution is 2.46. The van der Waals surface area contributed by atoms with Gasteiger partial charge in [0.25, 0.3) is 0 Å². The third kappa shape index (κ3) is 1.99. The van der Waals surface area contributed by atoms with Crippen LogP contribution in [0.25, 0.3) is 0 Å². The van der Waals surface area contributed by atoms with Gasteiger partial charge in [0.15, 0.2) is 0 Å². The summed E-state index contributed by atoms with van der Waals surface area (Å²) in [7, 11) is 3.72. The van der Waals surface area contributed by atoms with E-state index in [0.29, 0.717) is 0 Å². The molecule has 1 saturated heterocycles. The number of rotatable bonds is 2. The molecule has 0 aromatic heterocycles. The molecule has 0 nitrogen and oxygen atoms in total. The molecule has 2 heteroatoms. The van der Waals surface area contributed by atoms with E-state index in [9.17, 15) is 0 Å². The number of hydrogen-bond donors (Lipinski definition) is 0. The molecular weight excluding hydrogens is 138 g/mol. The fourth-order valence-electron chi connectivity index (χ4n) is 1.86. The van der Waals surface area contributed by atoms with Crippen LogP contribution in [0.4, 0.5) is 0 Å². The van der Waals surface area contributed by atoms with Gasteiger partial charge in [-0.2, -0.15) is 0 Å². The van der Waals surface area contributed by atoms with Crippen molar-refractivity contribution in [1.82, 2.24) is 0 Å². The predicted octanol–water partition coefficient (Wildman–Crippen LogP) is 2.78. The van der Waals surface area contributed by atoms with Gasteiger partial charge in [0, 0.05) is 0 Å². The molecule has 0 aliphatic carbocycles. The molecule has 0 saturated carbocycles. The maximum Gasteiger partial charge on any atom is 0.114 e. The molecule has 1 aliphatic heterocycles. The van der Waals surface area contributed by atoms with Gasteiger partial charge < -0.3 is 0 Å². The molecule has 10 heavy (non-hydrogen) atoms. The fourth-order valence-corrected chi connectivity index (χ4v) is 3.68. The van der Waals surface area contributed by atoms with Crippen molar-refractivity contribution in [2.45, 2.75) is 50.6 Å². The van der Waals surface area contributed by atoms with E-state index in [1.807, 2.05) is 0 Å². The van der Waals surface area contributed by atoms with E-state index >= 15 is 0 Å². The van der Waals surface area contributed by atoms with E-state index in [1.54, 1.807) is 0 Å². The maximum absolute atomic E-state index is 2.50. The molecular formula is C8H17BP. The van der Waals surface area contributed by atoms with Gasteiger partial charge in [0.05, 0.1) is 0 Å². The Hall–Kier alpha value is 0.495. The first kappa shape index (κ1) is 8.59. The Bertz CT molecular complexity index is 105. The van der Waals surface area contributed by atoms with Crippen LogP contribution in [0, 0.1) is 0 Å². The fraction of sp³-hybridized carbons (Fsp3) is 1.00. The summed E-state index contributed by atoms with van der Waals surface area (Å²) in [4.78, 5) is 0. The van der Waals surface area contributed by atoms with Crippen molar-refractivity contribution in [3.8, 4) is 0 Å². The normalized spacial score (nSPS) is 42.5. The molecule has 1 heterocycles. The van der Waals surface area contributed by atoms with Crippen LogP contribution < -0.4 is 0 Å². The first-order valence-corrected chi connectivity index (χ1v) is 5.49. The smallest absolute Gasteiger partial charge is 0.114 e. The first-order chi connectivity index (χ1) is 4.74. The van der Waals surface area contributed by atoms with Crippen LogP contribution in [0.15, 0.2) is 0 Å². The predicted molar refractivity (Wildman–Crippen MR) is 51.8 cm³/mol. The van der Waals surface area contributed by atoms with Gasteiger partial charge >= 0.3 is 0 Å². The van der Waals surface area contributed by atoms with Crippen LogP contribution in [-0.2, 0) is 0 Å². The molecule has 1 fully saturated rings. The molecule has 1 aliphatic rings. The van der Waals surface area contributed by atoms with Gasteiger partial charge in [-0.05, 0) is 11.3 Å². The van der Waals surface area contributed by atoms with Crippen molar-refractivity contribution < 1.29 is 0 Å². The standard InChI is InChI=1S/C8H17BP/c1-4-9-8-5-6(2)10-7(8)3/h6-8,10H,4-5H2,1-3H3. The van der Waals surface area contributed by atoms with Crippen molar-refractivity contribution >= 4 is 15.9 Å². The Balaban J connectivity index is 2.31. The van der Waals surface area contributed by atoms with Crippen molar-refractivity contribution in [3.05, 3.63) is 0 Å². The Morgan fingerprint density at radius 3 is 2.60 bits per heavy atom. The van der Waals surface area contributed by atoms with Crippen LogP contribution in [0.5, 0.6) is 0 Å². The molecule has 0 amide bonds. The highest BCUT2D eigenvalue weighted by Gasteiger charge is 2.27. The van der Waals surface area contributed by atoms with Gasteiger partial charge in [0.2, 0.25) is 0 Å². The molecule has 4 atom stereocenters. The minimum Gasteiger partial charge on any atom is -0.117 e. The lowest BCUT2D eigenvalue weighted by atomic mass is 9.60. The third-order valence-electron chi connectivity index (χ3n) is 2.35. The van der Waals surface area contributed by atoms with Gasteiger partial charge in [-0.25, -0.2) is 0 Å². The molecule has 0 spiro atoms. The summed E-state index contributed by atoms with van der Waals surface area (Å²) in [5.74, 6) is 0.943. The minimum absolute atomic E-state index is 0.943. The average molecular weight is 155 g/mol. The lowest BCUT2D eigenvalue weighted by Gasteiger charge is -2.11. The average Bonchev–Trinajstić information content (AvgIpc) is 2.13. The lowest BCUT2D eigenvalue weighted by molar-refractivity contribution is 0.764. The minimum atomic E-state index is 0.943. The zero-order valence-corrected chi connectivity index (χ0v) is 8.22. The first-order valence-electron chi connectivity index (χ1n) is 4.33. The second-order valence-corrected chi connectivity index (χ2v) is 5.63. The Morgan fingerprint density at radius 2 is 2.20 bits per heavy atom. The molecule has 57 valence electrons. The van der Waals surface area contributed by atoms with Crippen LogP contribution in [0.1, 0.15) is 27.2 Å². The van der Waals surface area contributed by atoms with Crippen LogP contribution >= 0.6 is 8.58 Å². The van der Waals surface area contributed by atoms with E-state index in [1.165, 1.54) is 21.3 Å². The maximum atomic E-state index is 2.50. The second kappa shape index (κ2) is 3.76. The molecule has 0 aromatic carbocycles. The van der Waals surface area contributed by atoms with Crippen molar-refractivity contribution in [3.63, 3.8) is 0 Å². The summed E-state index contributed by atoms with van der Waals surface area (Å²) in [6, 6.07) is 0. The molecule has 0 N–H and O–H groups in total. The summed E-state index contributed by atoms with van der Waals surface area (Å²) in [5, 5.41) is 0. The zero-order valence-electron chi connectivity index (χ0n) is 7.22. The van der Waals surface area contributed by atoms with E-state index in [4.69, 9.17) is 0 Å². The van der Waals surface area contributed by atoms with E-state index < -0.39 is 0 Å². The molecule has 0 bridgehead atoms. The monoisotopic (exact) mass is 155 g/mol. The van der Waals surface area contributed by atoms with Crippen molar-refractivity contribution in [2.24, 2.45) is 0 Å². The van der Waals surface area contributed by atoms with E-state index in [-0.39, 0.29) is 0 Å². The summed E-state index contributed by atoms with van der Waals surface area (Å²) in [6.45, 7) is 7.04. The SMILES string of the molecule is CC[B]C1CC(C)PC1C. The third-order valence-corrected chi connectivity index (χ3v) is 4.11. The van der Waals surface area contributed by atoms with Crippen molar-refractivity contribution in [1.29, 1.82) is 0 Å². The molecule has 0 aromatic rings. The molecule has 1 radical (unpaired) electrons. The van der Waals surface area contributed by atoms with Gasteiger partial charge in [0.1, 0.15) is 7.28 Å². The quantitative estimate of drug-likeness (QED) is 0.424. The number of hydrogen-bond acceptors (Lipinski definition) is 0. The largest absolute Gasteiger partial charge is 0.117 e. The Labute approximate surface area is 67.2 Å². The zero-order chi connectivity index (χ0) is 7.56. The summed E-state index contributed by atoms with van der Waals surface area (Å²) >= 11 is 0.